The van der Waals surface area contributed by atoms with E-state index in [1.165, 1.54) is 42.3 Å². The Morgan fingerprint density at radius 3 is 2.67 bits per heavy atom. The summed E-state index contributed by atoms with van der Waals surface area (Å²) in [4.78, 5) is 3.43. The largest absolute Gasteiger partial charge is 0.357 e. The second kappa shape index (κ2) is 5.52. The second-order valence-electron chi connectivity index (χ2n) is 4.89. The van der Waals surface area contributed by atoms with Gasteiger partial charge < -0.3 is 10.7 Å². The van der Waals surface area contributed by atoms with Crippen molar-refractivity contribution in [3.63, 3.8) is 0 Å². The highest BCUT2D eigenvalue weighted by Gasteiger charge is 2.23. The SMILES string of the molecule is Cl.NCc1[nH]c2ccc(Cl)cc2c1C1CCCC1. The molecule has 3 rings (SSSR count). The summed E-state index contributed by atoms with van der Waals surface area (Å²) in [5.41, 5.74) is 9.63. The second-order valence-corrected chi connectivity index (χ2v) is 5.33. The van der Waals surface area contributed by atoms with Crippen LogP contribution in [0.25, 0.3) is 10.9 Å². The third-order valence-corrected chi connectivity index (χ3v) is 4.09. The first kappa shape index (κ1) is 13.7. The Kier molecular flexibility index (Phi) is 4.21. The molecule has 18 heavy (non-hydrogen) atoms. The van der Waals surface area contributed by atoms with Crippen molar-refractivity contribution in [3.8, 4) is 0 Å². The first-order valence-corrected chi connectivity index (χ1v) is 6.67. The van der Waals surface area contributed by atoms with E-state index in [4.69, 9.17) is 17.3 Å². The molecule has 2 aromatic rings. The summed E-state index contributed by atoms with van der Waals surface area (Å²) in [6.07, 6.45) is 5.24. The van der Waals surface area contributed by atoms with Gasteiger partial charge in [0.1, 0.15) is 0 Å². The molecular formula is C14H18Cl2N2. The van der Waals surface area contributed by atoms with Gasteiger partial charge in [-0.3, -0.25) is 0 Å². The molecule has 0 atom stereocenters. The van der Waals surface area contributed by atoms with E-state index in [9.17, 15) is 0 Å². The fourth-order valence-electron chi connectivity index (χ4n) is 3.08. The van der Waals surface area contributed by atoms with Gasteiger partial charge in [0.2, 0.25) is 0 Å². The van der Waals surface area contributed by atoms with Crippen molar-refractivity contribution in [2.75, 3.05) is 0 Å². The maximum Gasteiger partial charge on any atom is 0.0460 e. The van der Waals surface area contributed by atoms with Gasteiger partial charge in [-0.15, -0.1) is 12.4 Å². The first-order chi connectivity index (χ1) is 8.29. The topological polar surface area (TPSA) is 41.8 Å². The van der Waals surface area contributed by atoms with Gasteiger partial charge in [-0.1, -0.05) is 24.4 Å². The van der Waals surface area contributed by atoms with Crippen LogP contribution in [0.2, 0.25) is 5.02 Å². The van der Waals surface area contributed by atoms with Crippen LogP contribution < -0.4 is 5.73 Å². The molecule has 1 aliphatic rings. The molecule has 1 saturated carbocycles. The molecule has 0 amide bonds. The van der Waals surface area contributed by atoms with E-state index in [2.05, 4.69) is 17.1 Å². The predicted molar refractivity (Wildman–Crippen MR) is 79.7 cm³/mol. The number of nitrogens with two attached hydrogens (primary N) is 1. The lowest BCUT2D eigenvalue weighted by Crippen LogP contribution is -2.03. The molecule has 0 saturated heterocycles. The monoisotopic (exact) mass is 284 g/mol. The highest BCUT2D eigenvalue weighted by molar-refractivity contribution is 6.31. The Morgan fingerprint density at radius 2 is 2.00 bits per heavy atom. The number of H-pyrrole nitrogens is 1. The lowest BCUT2D eigenvalue weighted by Gasteiger charge is -2.10. The quantitative estimate of drug-likeness (QED) is 0.845. The Hall–Kier alpha value is -0.700. The number of aromatic amines is 1. The third kappa shape index (κ3) is 2.25. The number of aromatic nitrogens is 1. The van der Waals surface area contributed by atoms with Crippen LogP contribution in [0.1, 0.15) is 42.9 Å². The first-order valence-electron chi connectivity index (χ1n) is 6.29. The van der Waals surface area contributed by atoms with Crippen LogP contribution in [0.5, 0.6) is 0 Å². The van der Waals surface area contributed by atoms with Gasteiger partial charge in [-0.05, 0) is 42.5 Å². The van der Waals surface area contributed by atoms with Crippen LogP contribution in [-0.4, -0.2) is 4.98 Å². The van der Waals surface area contributed by atoms with Crippen molar-refractivity contribution in [2.45, 2.75) is 38.1 Å². The van der Waals surface area contributed by atoms with Crippen molar-refractivity contribution in [1.29, 1.82) is 0 Å². The molecule has 1 fully saturated rings. The maximum absolute atomic E-state index is 6.10. The van der Waals surface area contributed by atoms with Crippen molar-refractivity contribution < 1.29 is 0 Å². The molecule has 1 aromatic heterocycles. The number of halogens is 2. The Balaban J connectivity index is 0.00000120. The molecular weight excluding hydrogens is 267 g/mol. The standard InChI is InChI=1S/C14H17ClN2.ClH/c15-10-5-6-12-11(7-10)14(13(8-16)17-12)9-3-1-2-4-9;/h5-7,9,17H,1-4,8,16H2;1H. The molecule has 1 aromatic carbocycles. The number of benzene rings is 1. The van der Waals surface area contributed by atoms with E-state index >= 15 is 0 Å². The van der Waals surface area contributed by atoms with Crippen LogP contribution in [0, 0.1) is 0 Å². The van der Waals surface area contributed by atoms with Crippen LogP contribution in [0.15, 0.2) is 18.2 Å². The normalized spacial score (nSPS) is 16.1. The zero-order chi connectivity index (χ0) is 11.8. The average Bonchev–Trinajstić information content (AvgIpc) is 2.93. The average molecular weight is 285 g/mol. The summed E-state index contributed by atoms with van der Waals surface area (Å²) in [6.45, 7) is 0.581. The summed E-state index contributed by atoms with van der Waals surface area (Å²) in [5.74, 6) is 0.667. The Labute approximate surface area is 118 Å². The van der Waals surface area contributed by atoms with Gasteiger partial charge in [-0.2, -0.15) is 0 Å². The van der Waals surface area contributed by atoms with Gasteiger partial charge in [0.05, 0.1) is 0 Å². The molecule has 2 nitrogen and oxygen atoms in total. The van der Waals surface area contributed by atoms with E-state index < -0.39 is 0 Å². The van der Waals surface area contributed by atoms with Crippen molar-refractivity contribution >= 4 is 34.9 Å². The maximum atomic E-state index is 6.10. The summed E-state index contributed by atoms with van der Waals surface area (Å²) < 4.78 is 0. The minimum absolute atomic E-state index is 0. The summed E-state index contributed by atoms with van der Waals surface area (Å²) >= 11 is 6.10. The third-order valence-electron chi connectivity index (χ3n) is 3.85. The molecule has 0 unspecified atom stereocenters. The van der Waals surface area contributed by atoms with Crippen molar-refractivity contribution in [1.82, 2.24) is 4.98 Å². The summed E-state index contributed by atoms with van der Waals surface area (Å²) in [7, 11) is 0. The van der Waals surface area contributed by atoms with E-state index in [-0.39, 0.29) is 12.4 Å². The van der Waals surface area contributed by atoms with Gasteiger partial charge in [0.25, 0.3) is 0 Å². The van der Waals surface area contributed by atoms with E-state index in [1.807, 2.05) is 6.07 Å². The summed E-state index contributed by atoms with van der Waals surface area (Å²) in [5, 5.41) is 2.07. The highest BCUT2D eigenvalue weighted by Crippen LogP contribution is 2.40. The molecule has 98 valence electrons. The summed E-state index contributed by atoms with van der Waals surface area (Å²) in [6, 6.07) is 6.05. The van der Waals surface area contributed by atoms with Gasteiger partial charge in [-0.25, -0.2) is 0 Å². The molecule has 0 aliphatic heterocycles. The van der Waals surface area contributed by atoms with Crippen LogP contribution >= 0.6 is 24.0 Å². The van der Waals surface area contributed by atoms with Crippen molar-refractivity contribution in [2.24, 2.45) is 5.73 Å². The molecule has 0 radical (unpaired) electrons. The van der Waals surface area contributed by atoms with Crippen LogP contribution in [-0.2, 0) is 6.54 Å². The zero-order valence-corrected chi connectivity index (χ0v) is 11.8. The van der Waals surface area contributed by atoms with Crippen LogP contribution in [0.4, 0.5) is 0 Å². The lowest BCUT2D eigenvalue weighted by atomic mass is 9.94. The number of nitrogens with one attached hydrogen (secondary N) is 1. The number of hydrogen-bond acceptors (Lipinski definition) is 1. The Morgan fingerprint density at radius 1 is 1.28 bits per heavy atom. The fraction of sp³-hybridized carbons (Fsp3) is 0.429. The van der Waals surface area contributed by atoms with Crippen LogP contribution in [0.3, 0.4) is 0 Å². The minimum Gasteiger partial charge on any atom is -0.357 e. The zero-order valence-electron chi connectivity index (χ0n) is 10.2. The molecule has 0 spiro atoms. The Bertz CT molecular complexity index is 542. The number of fused-ring (bicyclic) bond motifs is 1. The number of rotatable bonds is 2. The smallest absolute Gasteiger partial charge is 0.0460 e. The minimum atomic E-state index is 0. The molecule has 0 bridgehead atoms. The van der Waals surface area contributed by atoms with E-state index in [0.717, 1.165) is 10.5 Å². The van der Waals surface area contributed by atoms with E-state index in [0.29, 0.717) is 12.5 Å². The molecule has 1 aliphatic carbocycles. The van der Waals surface area contributed by atoms with Gasteiger partial charge in [0.15, 0.2) is 0 Å². The van der Waals surface area contributed by atoms with Gasteiger partial charge >= 0.3 is 0 Å². The van der Waals surface area contributed by atoms with E-state index in [1.54, 1.807) is 0 Å². The fourth-order valence-corrected chi connectivity index (χ4v) is 3.25. The lowest BCUT2D eigenvalue weighted by molar-refractivity contribution is 0.716. The highest BCUT2D eigenvalue weighted by atomic mass is 35.5. The molecule has 4 heteroatoms. The molecule has 1 heterocycles. The number of hydrogen-bond donors (Lipinski definition) is 2. The molecule has 3 N–H and O–H groups in total. The van der Waals surface area contributed by atoms with Crippen molar-refractivity contribution in [3.05, 3.63) is 34.5 Å². The predicted octanol–water partition coefficient (Wildman–Crippen LogP) is 4.36. The van der Waals surface area contributed by atoms with Gasteiger partial charge in [0, 0.05) is 28.2 Å².